The van der Waals surface area contributed by atoms with Crippen molar-refractivity contribution < 1.29 is 43.0 Å². The van der Waals surface area contributed by atoms with Gasteiger partial charge in [0.05, 0.1) is 38.3 Å². The van der Waals surface area contributed by atoms with E-state index in [1.165, 1.54) is 15.9 Å². The van der Waals surface area contributed by atoms with Crippen LogP contribution in [-0.2, 0) is 28.6 Å². The summed E-state index contributed by atoms with van der Waals surface area (Å²) in [6.07, 6.45) is 0.418. The number of hydrogen-bond donors (Lipinski definition) is 3. The van der Waals surface area contributed by atoms with Crippen LogP contribution in [0.4, 0.5) is 14.4 Å². The molecule has 0 radical (unpaired) electrons. The van der Waals surface area contributed by atoms with Crippen LogP contribution in [0.2, 0.25) is 0 Å². The topological polar surface area (TPSA) is 185 Å². The van der Waals surface area contributed by atoms with Crippen LogP contribution in [0.15, 0.2) is 4.99 Å². The zero-order chi connectivity index (χ0) is 37.4. The molecular formula is C32H60N6O9. The Bertz CT molecular complexity index is 1070. The van der Waals surface area contributed by atoms with Crippen LogP contribution >= 0.6 is 0 Å². The lowest BCUT2D eigenvalue weighted by atomic mass is 9.86. The zero-order valence-corrected chi connectivity index (χ0v) is 31.2. The molecule has 5 amide bonds. The standard InChI is InChI=1S/C15H27N3O4.C12H22N2O3.C5H11NO2/c1-14(2,3)10(16-12(20)22-15(4,5)6)8-18-11(19)9-17(7)13(18)21;1-11(2,3)9(7-13-8-15)14-10(16)17-12(4,5)6;1-3-8-5(7)4-6-2/h10H,8-9H2,1-7H3,(H,16,20);9H,7H2,1-6H3,(H,14,16);6H,3-4H2,1-2H3. The number of isocyanates is 1. The van der Waals surface area contributed by atoms with E-state index in [0.29, 0.717) is 13.2 Å². The van der Waals surface area contributed by atoms with Gasteiger partial charge in [0.1, 0.15) is 17.7 Å². The maximum atomic E-state index is 12.0. The molecule has 0 aromatic rings. The molecule has 1 fully saturated rings. The summed E-state index contributed by atoms with van der Waals surface area (Å²) in [4.78, 5) is 74.0. The SMILES string of the molecule is CC(C)(C)OC(=O)NC(CN=C=O)C(C)(C)C.CCOC(=O)CNC.CN1CC(=O)N(CC(NC(=O)OC(C)(C)C)C(C)(C)C)C1=O. The highest BCUT2D eigenvalue weighted by Crippen LogP contribution is 2.23. The van der Waals surface area contributed by atoms with Crippen molar-refractivity contribution in [2.24, 2.45) is 15.8 Å². The Labute approximate surface area is 280 Å². The lowest BCUT2D eigenvalue weighted by Crippen LogP contribution is -2.53. The van der Waals surface area contributed by atoms with Crippen molar-refractivity contribution in [1.29, 1.82) is 0 Å². The number of esters is 1. The molecule has 15 heteroatoms. The van der Waals surface area contributed by atoms with Gasteiger partial charge in [-0.25, -0.2) is 24.2 Å². The average Bonchev–Trinajstić information content (AvgIpc) is 3.09. The van der Waals surface area contributed by atoms with E-state index in [1.54, 1.807) is 62.6 Å². The number of imide groups is 1. The fourth-order valence-electron chi connectivity index (χ4n) is 3.49. The second-order valence-corrected chi connectivity index (χ2v) is 15.0. The van der Waals surface area contributed by atoms with Gasteiger partial charge in [0.15, 0.2) is 0 Å². The number of hydrogen-bond acceptors (Lipinski definition) is 11. The van der Waals surface area contributed by atoms with Gasteiger partial charge in [-0.15, -0.1) is 0 Å². The average molecular weight is 673 g/mol. The van der Waals surface area contributed by atoms with Crippen LogP contribution in [0.25, 0.3) is 0 Å². The van der Waals surface area contributed by atoms with Gasteiger partial charge in [-0.3, -0.25) is 14.5 Å². The van der Waals surface area contributed by atoms with E-state index < -0.39 is 29.4 Å². The Balaban J connectivity index is 0. The molecule has 0 bridgehead atoms. The van der Waals surface area contributed by atoms with Crippen LogP contribution < -0.4 is 16.0 Å². The van der Waals surface area contributed by atoms with E-state index in [-0.39, 0.29) is 54.4 Å². The van der Waals surface area contributed by atoms with E-state index in [9.17, 15) is 28.8 Å². The second kappa shape index (κ2) is 19.8. The number of aliphatic imine (C=N–C) groups is 1. The monoisotopic (exact) mass is 672 g/mol. The molecule has 1 aliphatic heterocycles. The number of nitrogens with one attached hydrogen (secondary N) is 3. The van der Waals surface area contributed by atoms with Gasteiger partial charge in [-0.05, 0) is 66.3 Å². The summed E-state index contributed by atoms with van der Waals surface area (Å²) in [6.45, 7) is 25.3. The summed E-state index contributed by atoms with van der Waals surface area (Å²) in [5.74, 6) is -0.456. The maximum Gasteiger partial charge on any atom is 0.407 e. The summed E-state index contributed by atoms with van der Waals surface area (Å²) in [6, 6.07) is -1.01. The molecule has 0 aromatic carbocycles. The van der Waals surface area contributed by atoms with Crippen molar-refractivity contribution in [2.45, 2.75) is 113 Å². The Morgan fingerprint density at radius 2 is 1.30 bits per heavy atom. The number of nitrogens with zero attached hydrogens (tertiary/aromatic N) is 3. The predicted molar refractivity (Wildman–Crippen MR) is 179 cm³/mol. The van der Waals surface area contributed by atoms with Crippen molar-refractivity contribution in [3.05, 3.63) is 0 Å². The first kappa shape index (κ1) is 45.4. The van der Waals surface area contributed by atoms with Crippen LogP contribution in [0.5, 0.6) is 0 Å². The third-order valence-corrected chi connectivity index (χ3v) is 6.03. The summed E-state index contributed by atoms with van der Waals surface area (Å²) in [7, 11) is 3.28. The number of urea groups is 1. The Hall–Kier alpha value is -3.71. The predicted octanol–water partition coefficient (Wildman–Crippen LogP) is 3.85. The third kappa shape index (κ3) is 21.7. The van der Waals surface area contributed by atoms with Crippen molar-refractivity contribution in [2.75, 3.05) is 46.9 Å². The van der Waals surface area contributed by atoms with Gasteiger partial charge in [0.2, 0.25) is 12.0 Å². The smallest absolute Gasteiger partial charge is 0.407 e. The highest BCUT2D eigenvalue weighted by Gasteiger charge is 2.39. The van der Waals surface area contributed by atoms with Crippen molar-refractivity contribution in [3.8, 4) is 0 Å². The molecule has 3 N–H and O–H groups in total. The quantitative estimate of drug-likeness (QED) is 0.107. The van der Waals surface area contributed by atoms with E-state index in [4.69, 9.17) is 9.47 Å². The fourth-order valence-corrected chi connectivity index (χ4v) is 3.49. The number of alkyl carbamates (subject to hydrolysis) is 2. The van der Waals surface area contributed by atoms with Gasteiger partial charge in [-0.2, -0.15) is 0 Å². The van der Waals surface area contributed by atoms with Gasteiger partial charge in [0.25, 0.3) is 0 Å². The molecule has 2 unspecified atom stereocenters. The molecule has 0 aliphatic carbocycles. The molecule has 272 valence electrons. The van der Waals surface area contributed by atoms with Gasteiger partial charge in [-0.1, -0.05) is 41.5 Å². The molecule has 0 saturated carbocycles. The highest BCUT2D eigenvalue weighted by atomic mass is 16.6. The minimum absolute atomic E-state index is 0.0716. The van der Waals surface area contributed by atoms with Gasteiger partial charge in [0, 0.05) is 7.05 Å². The van der Waals surface area contributed by atoms with Gasteiger partial charge < -0.3 is 35.1 Å². The number of ether oxygens (including phenoxy) is 3. The summed E-state index contributed by atoms with van der Waals surface area (Å²) < 4.78 is 15.0. The number of likely N-dealkylation sites (N-methyl/N-ethyl adjacent to an activating group) is 2. The Morgan fingerprint density at radius 1 is 0.851 bits per heavy atom. The summed E-state index contributed by atoms with van der Waals surface area (Å²) in [5.41, 5.74) is -1.69. The zero-order valence-electron chi connectivity index (χ0n) is 31.2. The fraction of sp³-hybridized carbons (Fsp3) is 0.812. The largest absolute Gasteiger partial charge is 0.465 e. The van der Waals surface area contributed by atoms with Crippen molar-refractivity contribution >= 4 is 36.2 Å². The van der Waals surface area contributed by atoms with Crippen molar-refractivity contribution in [1.82, 2.24) is 25.8 Å². The van der Waals surface area contributed by atoms with E-state index in [0.717, 1.165) is 0 Å². The molecule has 47 heavy (non-hydrogen) atoms. The molecule has 2 atom stereocenters. The molecule has 1 heterocycles. The van der Waals surface area contributed by atoms with Gasteiger partial charge >= 0.3 is 24.2 Å². The number of amides is 5. The molecule has 1 rings (SSSR count). The number of carbonyl (C=O) groups is 5. The lowest BCUT2D eigenvalue weighted by Gasteiger charge is -2.34. The van der Waals surface area contributed by atoms with Crippen LogP contribution in [-0.4, -0.2) is 116 Å². The van der Waals surface area contributed by atoms with E-state index in [2.05, 4.69) is 25.7 Å². The third-order valence-electron chi connectivity index (χ3n) is 6.03. The minimum atomic E-state index is -0.605. The van der Waals surface area contributed by atoms with Crippen LogP contribution in [0.3, 0.4) is 0 Å². The highest BCUT2D eigenvalue weighted by molar-refractivity contribution is 6.01. The maximum absolute atomic E-state index is 12.0. The minimum Gasteiger partial charge on any atom is -0.465 e. The molecule has 1 saturated heterocycles. The molecule has 15 nitrogen and oxygen atoms in total. The first-order chi connectivity index (χ1) is 21.2. The molecule has 0 spiro atoms. The molecule has 0 aromatic heterocycles. The summed E-state index contributed by atoms with van der Waals surface area (Å²) in [5, 5.41) is 8.16. The number of rotatable bonds is 9. The first-order valence-electron chi connectivity index (χ1n) is 15.6. The van der Waals surface area contributed by atoms with Crippen molar-refractivity contribution in [3.63, 3.8) is 0 Å². The van der Waals surface area contributed by atoms with Crippen LogP contribution in [0.1, 0.15) is 90.0 Å². The Morgan fingerprint density at radius 3 is 1.62 bits per heavy atom. The first-order valence-corrected chi connectivity index (χ1v) is 15.6. The molecular weight excluding hydrogens is 612 g/mol. The summed E-state index contributed by atoms with van der Waals surface area (Å²) >= 11 is 0. The second-order valence-electron chi connectivity index (χ2n) is 15.0. The lowest BCUT2D eigenvalue weighted by molar-refractivity contribution is -0.141. The number of carbonyl (C=O) groups excluding carboxylic acids is 6. The normalized spacial score (nSPS) is 14.7. The van der Waals surface area contributed by atoms with E-state index >= 15 is 0 Å². The van der Waals surface area contributed by atoms with Crippen LogP contribution in [0, 0.1) is 10.8 Å². The Kier molecular flexibility index (Phi) is 19.2. The molecule has 1 aliphatic rings. The van der Waals surface area contributed by atoms with E-state index in [1.807, 2.05) is 41.5 Å².